The lowest BCUT2D eigenvalue weighted by Gasteiger charge is -2.17. The van der Waals surface area contributed by atoms with Crippen molar-refractivity contribution in [3.63, 3.8) is 0 Å². The molecule has 19 heavy (non-hydrogen) atoms. The molecule has 1 N–H and O–H groups in total. The van der Waals surface area contributed by atoms with Gasteiger partial charge in [-0.1, -0.05) is 13.0 Å². The molecule has 0 spiro atoms. The Hall–Kier alpha value is -1.97. The number of aliphatic carboxylic acids is 1. The summed E-state index contributed by atoms with van der Waals surface area (Å²) in [6.07, 6.45) is 1.93. The maximum atomic E-state index is 11.0. The lowest BCUT2D eigenvalue weighted by molar-refractivity contribution is -0.145. The first-order valence-corrected chi connectivity index (χ1v) is 6.38. The van der Waals surface area contributed by atoms with Crippen molar-refractivity contribution in [1.82, 2.24) is 0 Å². The topological polar surface area (TPSA) is 55.8 Å². The van der Waals surface area contributed by atoms with Gasteiger partial charge < -0.3 is 14.6 Å². The van der Waals surface area contributed by atoms with Crippen molar-refractivity contribution >= 4 is 5.97 Å². The molecule has 0 aromatic heterocycles. The van der Waals surface area contributed by atoms with Gasteiger partial charge in [0.05, 0.1) is 6.61 Å². The van der Waals surface area contributed by atoms with Crippen molar-refractivity contribution in [2.45, 2.75) is 32.8 Å². The van der Waals surface area contributed by atoms with Gasteiger partial charge in [0.25, 0.3) is 0 Å². The van der Waals surface area contributed by atoms with Crippen LogP contribution in [0.4, 0.5) is 0 Å². The smallest absolute Gasteiger partial charge is 0.344 e. The van der Waals surface area contributed by atoms with Gasteiger partial charge >= 0.3 is 5.97 Å². The molecule has 0 saturated heterocycles. The summed E-state index contributed by atoms with van der Waals surface area (Å²) >= 11 is 0. The molecule has 0 aliphatic rings. The maximum absolute atomic E-state index is 11.0. The Kier molecular flexibility index (Phi) is 5.93. The molecule has 1 atom stereocenters. The average molecular weight is 264 g/mol. The highest BCUT2D eigenvalue weighted by molar-refractivity contribution is 5.72. The van der Waals surface area contributed by atoms with Gasteiger partial charge in [0.15, 0.2) is 6.10 Å². The van der Waals surface area contributed by atoms with Gasteiger partial charge in [-0.15, -0.1) is 6.58 Å². The van der Waals surface area contributed by atoms with E-state index >= 15 is 0 Å². The van der Waals surface area contributed by atoms with Crippen molar-refractivity contribution in [1.29, 1.82) is 0 Å². The molecule has 0 radical (unpaired) electrons. The molecule has 1 aromatic rings. The van der Waals surface area contributed by atoms with E-state index in [2.05, 4.69) is 6.58 Å². The zero-order chi connectivity index (χ0) is 14.3. The summed E-state index contributed by atoms with van der Waals surface area (Å²) in [6, 6.07) is 5.38. The number of carboxylic acid groups (broad SMARTS) is 1. The van der Waals surface area contributed by atoms with Gasteiger partial charge in [-0.25, -0.2) is 4.79 Å². The van der Waals surface area contributed by atoms with Crippen LogP contribution >= 0.6 is 0 Å². The highest BCUT2D eigenvalue weighted by Crippen LogP contribution is 2.26. The Bertz CT molecular complexity index is 440. The fourth-order valence-corrected chi connectivity index (χ4v) is 1.70. The molecule has 1 rings (SSSR count). The van der Waals surface area contributed by atoms with E-state index in [4.69, 9.17) is 14.6 Å². The van der Waals surface area contributed by atoms with Crippen LogP contribution in [0.3, 0.4) is 0 Å². The first-order valence-electron chi connectivity index (χ1n) is 6.38. The number of ether oxygens (including phenoxy) is 2. The van der Waals surface area contributed by atoms with Gasteiger partial charge in [0, 0.05) is 5.56 Å². The van der Waals surface area contributed by atoms with Crippen LogP contribution in [-0.2, 0) is 11.2 Å². The van der Waals surface area contributed by atoms with Crippen LogP contribution in [0, 0.1) is 0 Å². The number of rotatable bonds is 8. The van der Waals surface area contributed by atoms with Crippen LogP contribution in [-0.4, -0.2) is 23.8 Å². The maximum Gasteiger partial charge on any atom is 0.344 e. The third-order valence-electron chi connectivity index (χ3n) is 2.62. The highest BCUT2D eigenvalue weighted by atomic mass is 16.5. The number of benzene rings is 1. The van der Waals surface area contributed by atoms with E-state index in [0.29, 0.717) is 25.2 Å². The van der Waals surface area contributed by atoms with E-state index in [1.54, 1.807) is 25.1 Å². The van der Waals surface area contributed by atoms with E-state index in [9.17, 15) is 4.79 Å². The fraction of sp³-hybridized carbons (Fsp3) is 0.400. The molecule has 0 bridgehead atoms. The molecular formula is C15H20O4. The largest absolute Gasteiger partial charge is 0.494 e. The van der Waals surface area contributed by atoms with E-state index in [-0.39, 0.29) is 0 Å². The van der Waals surface area contributed by atoms with Crippen LogP contribution in [0.1, 0.15) is 25.8 Å². The molecule has 0 aliphatic carbocycles. The molecular weight excluding hydrogens is 244 g/mol. The van der Waals surface area contributed by atoms with Gasteiger partial charge in [-0.2, -0.15) is 0 Å². The number of carbonyl (C=O) groups is 1. The number of allylic oxidation sites excluding steroid dienone is 1. The first kappa shape index (κ1) is 15.1. The number of carboxylic acids is 1. The van der Waals surface area contributed by atoms with Crippen molar-refractivity contribution in [3.05, 3.63) is 36.4 Å². The SMILES string of the molecule is C=CCc1cc(OCC)ccc1OC(CC)C(=O)O. The Morgan fingerprint density at radius 2 is 2.21 bits per heavy atom. The Morgan fingerprint density at radius 3 is 2.74 bits per heavy atom. The summed E-state index contributed by atoms with van der Waals surface area (Å²) in [7, 11) is 0. The highest BCUT2D eigenvalue weighted by Gasteiger charge is 2.18. The summed E-state index contributed by atoms with van der Waals surface area (Å²) in [6.45, 7) is 7.97. The summed E-state index contributed by atoms with van der Waals surface area (Å²) in [4.78, 5) is 11.0. The lowest BCUT2D eigenvalue weighted by Crippen LogP contribution is -2.26. The summed E-state index contributed by atoms with van der Waals surface area (Å²) < 4.78 is 11.0. The Morgan fingerprint density at radius 1 is 1.47 bits per heavy atom. The summed E-state index contributed by atoms with van der Waals surface area (Å²) in [5.41, 5.74) is 0.876. The van der Waals surface area contributed by atoms with Crippen molar-refractivity contribution in [2.75, 3.05) is 6.61 Å². The van der Waals surface area contributed by atoms with Crippen LogP contribution in [0.15, 0.2) is 30.9 Å². The second-order valence-electron chi connectivity index (χ2n) is 4.05. The lowest BCUT2D eigenvalue weighted by atomic mass is 10.1. The third kappa shape index (κ3) is 4.32. The van der Waals surface area contributed by atoms with Crippen molar-refractivity contribution < 1.29 is 19.4 Å². The Balaban J connectivity index is 2.98. The van der Waals surface area contributed by atoms with Gasteiger partial charge in [-0.3, -0.25) is 0 Å². The molecule has 104 valence electrons. The van der Waals surface area contributed by atoms with Gasteiger partial charge in [-0.05, 0) is 38.0 Å². The molecule has 1 unspecified atom stereocenters. The van der Waals surface area contributed by atoms with Crippen LogP contribution < -0.4 is 9.47 Å². The minimum Gasteiger partial charge on any atom is -0.494 e. The monoisotopic (exact) mass is 264 g/mol. The van der Waals surface area contributed by atoms with Crippen LogP contribution in [0.5, 0.6) is 11.5 Å². The fourth-order valence-electron chi connectivity index (χ4n) is 1.70. The minimum absolute atomic E-state index is 0.413. The second-order valence-corrected chi connectivity index (χ2v) is 4.05. The number of hydrogen-bond donors (Lipinski definition) is 1. The second kappa shape index (κ2) is 7.46. The molecule has 0 saturated carbocycles. The number of hydrogen-bond acceptors (Lipinski definition) is 3. The standard InChI is InChI=1S/C15H20O4/c1-4-7-11-10-12(18-6-3)8-9-14(11)19-13(5-2)15(16)17/h4,8-10,13H,1,5-7H2,2-3H3,(H,16,17). The van der Waals surface area contributed by atoms with Crippen molar-refractivity contribution in [3.8, 4) is 11.5 Å². The molecule has 4 nitrogen and oxygen atoms in total. The molecule has 0 amide bonds. The molecule has 4 heteroatoms. The molecule has 0 heterocycles. The van der Waals surface area contributed by atoms with Gasteiger partial charge in [0.2, 0.25) is 0 Å². The molecule has 0 aliphatic heterocycles. The quantitative estimate of drug-likeness (QED) is 0.733. The predicted molar refractivity (Wildman–Crippen MR) is 73.9 cm³/mol. The van der Waals surface area contributed by atoms with Gasteiger partial charge in [0.1, 0.15) is 11.5 Å². The zero-order valence-corrected chi connectivity index (χ0v) is 11.4. The predicted octanol–water partition coefficient (Wildman–Crippen LogP) is 3.06. The van der Waals surface area contributed by atoms with Crippen molar-refractivity contribution in [2.24, 2.45) is 0 Å². The van der Waals surface area contributed by atoms with E-state index in [1.165, 1.54) is 0 Å². The summed E-state index contributed by atoms with van der Waals surface area (Å²) in [5.74, 6) is 0.355. The van der Waals surface area contributed by atoms with Crippen LogP contribution in [0.2, 0.25) is 0 Å². The average Bonchev–Trinajstić information content (AvgIpc) is 2.38. The van der Waals surface area contributed by atoms with E-state index in [0.717, 1.165) is 11.3 Å². The van der Waals surface area contributed by atoms with E-state index in [1.807, 2.05) is 13.0 Å². The third-order valence-corrected chi connectivity index (χ3v) is 2.62. The Labute approximate surface area is 113 Å². The normalized spacial score (nSPS) is 11.7. The van der Waals surface area contributed by atoms with Crippen LogP contribution in [0.25, 0.3) is 0 Å². The first-order chi connectivity index (χ1) is 9.12. The zero-order valence-electron chi connectivity index (χ0n) is 11.4. The van der Waals surface area contributed by atoms with E-state index < -0.39 is 12.1 Å². The summed E-state index contributed by atoms with van der Waals surface area (Å²) in [5, 5.41) is 9.02. The minimum atomic E-state index is -0.957. The molecule has 0 fully saturated rings. The molecule has 1 aromatic carbocycles.